The zero-order valence-corrected chi connectivity index (χ0v) is 18.8. The molecule has 2 heterocycles. The van der Waals surface area contributed by atoms with Gasteiger partial charge in [0.2, 0.25) is 11.7 Å². The molecular formula is C21H34N4O4S. The number of thioether (sulfide) groups is 1. The van der Waals surface area contributed by atoms with Gasteiger partial charge in [0.25, 0.3) is 0 Å². The third-order valence-electron chi connectivity index (χ3n) is 6.44. The smallest absolute Gasteiger partial charge is 0.309 e. The minimum Gasteiger partial charge on any atom is -0.381 e. The van der Waals surface area contributed by atoms with Crippen LogP contribution < -0.4 is 10.7 Å². The maximum Gasteiger partial charge on any atom is 0.309 e. The summed E-state index contributed by atoms with van der Waals surface area (Å²) in [7, 11) is 1.91. The van der Waals surface area contributed by atoms with E-state index in [2.05, 4.69) is 22.8 Å². The van der Waals surface area contributed by atoms with Gasteiger partial charge in [-0.25, -0.2) is 5.43 Å². The number of hydrazone groups is 1. The number of rotatable bonds is 6. The molecule has 0 bridgehead atoms. The Labute approximate surface area is 182 Å². The molecule has 9 heteroatoms. The molecule has 0 radical (unpaired) electrons. The topological polar surface area (TPSA) is 100 Å². The quantitative estimate of drug-likeness (QED) is 0.373. The van der Waals surface area contributed by atoms with Crippen LogP contribution in [0.5, 0.6) is 0 Å². The standard InChI is InChI=1S/C21H34N4O4S/c1-14-13-30-21(25(14)2)24-23-20(28)18(26)17(15-9-11-29-12-10-15)22-19(27)16-7-5-3-4-6-8-16/h14-17H,3-13H2,1-2H3,(H,22,27)(H,23,28)/b24-21+/t14-,17+/m1/s1. The number of hydrogen-bond donors (Lipinski definition) is 2. The van der Waals surface area contributed by atoms with Gasteiger partial charge >= 0.3 is 5.91 Å². The largest absolute Gasteiger partial charge is 0.381 e. The highest BCUT2D eigenvalue weighted by Gasteiger charge is 2.36. The van der Waals surface area contributed by atoms with Crippen molar-refractivity contribution in [3.8, 4) is 0 Å². The molecule has 168 valence electrons. The minimum absolute atomic E-state index is 0.0732. The van der Waals surface area contributed by atoms with Gasteiger partial charge in [0, 0.05) is 38.0 Å². The van der Waals surface area contributed by atoms with E-state index in [0.29, 0.717) is 37.3 Å². The summed E-state index contributed by atoms with van der Waals surface area (Å²) < 4.78 is 5.41. The number of Topliss-reactive ketones (excluding diaryl/α,β-unsaturated/α-hetero) is 1. The lowest BCUT2D eigenvalue weighted by atomic mass is 9.87. The van der Waals surface area contributed by atoms with Crippen LogP contribution in [0.25, 0.3) is 0 Å². The number of ether oxygens (including phenoxy) is 1. The molecule has 3 aliphatic rings. The molecule has 0 unspecified atom stereocenters. The van der Waals surface area contributed by atoms with Crippen LogP contribution in [-0.2, 0) is 19.1 Å². The zero-order chi connectivity index (χ0) is 21.5. The van der Waals surface area contributed by atoms with Crippen molar-refractivity contribution in [2.75, 3.05) is 26.0 Å². The molecular weight excluding hydrogens is 404 g/mol. The zero-order valence-electron chi connectivity index (χ0n) is 18.0. The summed E-state index contributed by atoms with van der Waals surface area (Å²) in [4.78, 5) is 40.5. The van der Waals surface area contributed by atoms with Crippen LogP contribution in [0.3, 0.4) is 0 Å². The van der Waals surface area contributed by atoms with Gasteiger partial charge in [-0.3, -0.25) is 14.4 Å². The fraction of sp³-hybridized carbons (Fsp3) is 0.810. The normalized spacial score (nSPS) is 26.3. The summed E-state index contributed by atoms with van der Waals surface area (Å²) >= 11 is 1.54. The van der Waals surface area contributed by atoms with Gasteiger partial charge in [-0.05, 0) is 38.5 Å². The maximum absolute atomic E-state index is 13.0. The van der Waals surface area contributed by atoms with Gasteiger partial charge in [0.15, 0.2) is 5.17 Å². The molecule has 1 aliphatic carbocycles. The van der Waals surface area contributed by atoms with E-state index >= 15 is 0 Å². The number of amides is 2. The van der Waals surface area contributed by atoms with E-state index in [0.717, 1.165) is 44.3 Å². The third kappa shape index (κ3) is 5.97. The summed E-state index contributed by atoms with van der Waals surface area (Å²) in [6.45, 7) is 3.15. The summed E-state index contributed by atoms with van der Waals surface area (Å²) in [6.07, 6.45) is 7.38. The number of carbonyl (C=O) groups excluding carboxylic acids is 3. The SMILES string of the molecule is C[C@@H]1CS/C(=N/NC(=O)C(=O)[C@@H](NC(=O)C2CCCCCC2)C2CCOCC2)N1C. The summed E-state index contributed by atoms with van der Waals surface area (Å²) in [5.41, 5.74) is 2.41. The van der Waals surface area contributed by atoms with E-state index in [4.69, 9.17) is 4.74 Å². The average Bonchev–Trinajstić information content (AvgIpc) is 2.95. The Bertz CT molecular complexity index is 657. The highest BCUT2D eigenvalue weighted by molar-refractivity contribution is 8.14. The van der Waals surface area contributed by atoms with Gasteiger partial charge in [-0.1, -0.05) is 37.4 Å². The van der Waals surface area contributed by atoms with Crippen molar-refractivity contribution in [3.05, 3.63) is 0 Å². The van der Waals surface area contributed by atoms with Crippen molar-refractivity contribution >= 4 is 34.5 Å². The molecule has 2 saturated heterocycles. The van der Waals surface area contributed by atoms with E-state index in [1.165, 1.54) is 0 Å². The van der Waals surface area contributed by atoms with Crippen molar-refractivity contribution in [2.24, 2.45) is 16.9 Å². The van der Waals surface area contributed by atoms with E-state index in [1.807, 2.05) is 11.9 Å². The Morgan fingerprint density at radius 1 is 1.10 bits per heavy atom. The van der Waals surface area contributed by atoms with Crippen LogP contribution in [0.2, 0.25) is 0 Å². The second kappa shape index (κ2) is 11.1. The Morgan fingerprint density at radius 3 is 2.37 bits per heavy atom. The van der Waals surface area contributed by atoms with Crippen LogP contribution in [0, 0.1) is 11.8 Å². The van der Waals surface area contributed by atoms with Crippen LogP contribution >= 0.6 is 11.8 Å². The van der Waals surface area contributed by atoms with E-state index in [9.17, 15) is 14.4 Å². The predicted molar refractivity (Wildman–Crippen MR) is 117 cm³/mol. The van der Waals surface area contributed by atoms with Crippen molar-refractivity contribution in [3.63, 3.8) is 0 Å². The van der Waals surface area contributed by atoms with Crippen LogP contribution in [-0.4, -0.2) is 65.8 Å². The van der Waals surface area contributed by atoms with E-state index in [1.54, 1.807) is 11.8 Å². The summed E-state index contributed by atoms with van der Waals surface area (Å²) in [5, 5.41) is 7.76. The molecule has 2 N–H and O–H groups in total. The average molecular weight is 439 g/mol. The van der Waals surface area contributed by atoms with Gasteiger partial charge in [0.1, 0.15) is 6.04 Å². The van der Waals surface area contributed by atoms with E-state index < -0.39 is 17.7 Å². The van der Waals surface area contributed by atoms with Gasteiger partial charge < -0.3 is 15.0 Å². The first-order valence-corrected chi connectivity index (χ1v) is 12.1. The number of nitrogens with one attached hydrogen (secondary N) is 2. The molecule has 2 aliphatic heterocycles. The number of carbonyl (C=O) groups is 3. The van der Waals surface area contributed by atoms with Crippen LogP contribution in [0.4, 0.5) is 0 Å². The Kier molecular flexibility index (Phi) is 8.56. The molecule has 8 nitrogen and oxygen atoms in total. The van der Waals surface area contributed by atoms with Gasteiger partial charge in [0.05, 0.1) is 0 Å². The first kappa shape index (κ1) is 23.1. The second-order valence-corrected chi connectivity index (χ2v) is 9.58. The first-order valence-electron chi connectivity index (χ1n) is 11.1. The molecule has 0 aromatic rings. The van der Waals surface area contributed by atoms with Crippen molar-refractivity contribution in [1.82, 2.24) is 15.6 Å². The lowest BCUT2D eigenvalue weighted by Crippen LogP contribution is -2.53. The van der Waals surface area contributed by atoms with E-state index in [-0.39, 0.29) is 17.7 Å². The monoisotopic (exact) mass is 438 g/mol. The van der Waals surface area contributed by atoms with Crippen molar-refractivity contribution in [2.45, 2.75) is 70.4 Å². The summed E-state index contributed by atoms with van der Waals surface area (Å²) in [6, 6.07) is -0.493. The molecule has 0 aromatic heterocycles. The Morgan fingerprint density at radius 2 is 1.77 bits per heavy atom. The predicted octanol–water partition coefficient (Wildman–Crippen LogP) is 1.89. The number of amidine groups is 1. The molecule has 2 amide bonds. The third-order valence-corrected chi connectivity index (χ3v) is 7.72. The highest BCUT2D eigenvalue weighted by atomic mass is 32.2. The first-order chi connectivity index (χ1) is 14.5. The minimum atomic E-state index is -0.822. The molecule has 1 saturated carbocycles. The molecule has 3 fully saturated rings. The molecule has 0 spiro atoms. The van der Waals surface area contributed by atoms with Crippen molar-refractivity contribution in [1.29, 1.82) is 0 Å². The number of nitrogens with zero attached hydrogens (tertiary/aromatic N) is 2. The number of ketones is 1. The maximum atomic E-state index is 13.0. The van der Waals surface area contributed by atoms with Gasteiger partial charge in [-0.2, -0.15) is 0 Å². The Hall–Kier alpha value is -1.61. The van der Waals surface area contributed by atoms with Gasteiger partial charge in [-0.15, -0.1) is 5.10 Å². The molecule has 3 rings (SSSR count). The fourth-order valence-corrected chi connectivity index (χ4v) is 5.37. The molecule has 30 heavy (non-hydrogen) atoms. The molecule has 2 atom stereocenters. The summed E-state index contributed by atoms with van der Waals surface area (Å²) in [5.74, 6) is -0.762. The number of hydrogen-bond acceptors (Lipinski definition) is 6. The fourth-order valence-electron chi connectivity index (χ4n) is 4.26. The lowest BCUT2D eigenvalue weighted by Gasteiger charge is -2.30. The van der Waals surface area contributed by atoms with Crippen LogP contribution in [0.1, 0.15) is 58.3 Å². The lowest BCUT2D eigenvalue weighted by molar-refractivity contribution is -0.142. The highest BCUT2D eigenvalue weighted by Crippen LogP contribution is 2.25. The van der Waals surface area contributed by atoms with Crippen molar-refractivity contribution < 1.29 is 19.1 Å². The van der Waals surface area contributed by atoms with Crippen LogP contribution in [0.15, 0.2) is 5.10 Å². The second-order valence-electron chi connectivity index (χ2n) is 8.60. The molecule has 0 aromatic carbocycles. The Balaban J connectivity index is 1.66.